The van der Waals surface area contributed by atoms with Crippen molar-refractivity contribution in [1.82, 2.24) is 4.90 Å². The van der Waals surface area contributed by atoms with Crippen LogP contribution in [0.3, 0.4) is 0 Å². The molecular formula is C15H20N2O3. The van der Waals surface area contributed by atoms with Gasteiger partial charge in [-0.15, -0.1) is 0 Å². The molecule has 1 heterocycles. The molecule has 108 valence electrons. The van der Waals surface area contributed by atoms with Gasteiger partial charge in [-0.3, -0.25) is 9.59 Å². The Labute approximate surface area is 118 Å². The molecule has 1 atom stereocenters. The molecule has 0 saturated carbocycles. The van der Waals surface area contributed by atoms with Gasteiger partial charge in [-0.25, -0.2) is 0 Å². The number of nitrogens with one attached hydrogen (secondary N) is 1. The average Bonchev–Trinajstić information content (AvgIpc) is 2.92. The highest BCUT2D eigenvalue weighted by molar-refractivity contribution is 5.95. The van der Waals surface area contributed by atoms with E-state index in [1.807, 2.05) is 18.2 Å². The zero-order valence-electron chi connectivity index (χ0n) is 12.1. The van der Waals surface area contributed by atoms with E-state index in [9.17, 15) is 9.59 Å². The molecule has 1 amide bonds. The zero-order valence-corrected chi connectivity index (χ0v) is 12.1. The van der Waals surface area contributed by atoms with Gasteiger partial charge in [-0.05, 0) is 30.2 Å². The smallest absolute Gasteiger partial charge is 0.310 e. The van der Waals surface area contributed by atoms with Crippen molar-refractivity contribution in [2.75, 3.05) is 32.6 Å². The predicted molar refractivity (Wildman–Crippen MR) is 76.8 cm³/mol. The number of anilines is 1. The molecule has 0 bridgehead atoms. The second-order valence-electron chi connectivity index (χ2n) is 5.16. The molecule has 5 heteroatoms. The standard InChI is InChI=1S/C15H20N2O3/c1-10(15(19)20-3)9-17(2)14(18)12-4-5-13-11(8-12)6-7-16-13/h4-5,8,10,16H,6-7,9H2,1-3H3. The van der Waals surface area contributed by atoms with Crippen LogP contribution in [0, 0.1) is 5.92 Å². The number of esters is 1. The fourth-order valence-electron chi connectivity index (χ4n) is 2.43. The molecule has 1 aromatic carbocycles. The fourth-order valence-corrected chi connectivity index (χ4v) is 2.43. The number of carbonyl (C=O) groups is 2. The van der Waals surface area contributed by atoms with Gasteiger partial charge in [0.15, 0.2) is 0 Å². The third-order valence-electron chi connectivity index (χ3n) is 3.56. The molecule has 1 aliphatic rings. The lowest BCUT2D eigenvalue weighted by Crippen LogP contribution is -2.34. The van der Waals surface area contributed by atoms with Crippen LogP contribution in [0.2, 0.25) is 0 Å². The SMILES string of the molecule is COC(=O)C(C)CN(C)C(=O)c1ccc2c(c1)CCN2. The monoisotopic (exact) mass is 276 g/mol. The van der Waals surface area contributed by atoms with Gasteiger partial charge in [-0.2, -0.15) is 0 Å². The van der Waals surface area contributed by atoms with Gasteiger partial charge in [-0.1, -0.05) is 6.92 Å². The molecule has 0 aromatic heterocycles. The van der Waals surface area contributed by atoms with E-state index in [2.05, 4.69) is 10.1 Å². The summed E-state index contributed by atoms with van der Waals surface area (Å²) in [5, 5.41) is 3.26. The van der Waals surface area contributed by atoms with Crippen LogP contribution in [-0.2, 0) is 16.0 Å². The summed E-state index contributed by atoms with van der Waals surface area (Å²) >= 11 is 0. The third kappa shape index (κ3) is 2.92. The Morgan fingerprint density at radius 3 is 2.90 bits per heavy atom. The first kappa shape index (κ1) is 14.4. The fraction of sp³-hybridized carbons (Fsp3) is 0.467. The highest BCUT2D eigenvalue weighted by Crippen LogP contribution is 2.23. The summed E-state index contributed by atoms with van der Waals surface area (Å²) in [6.07, 6.45) is 0.943. The van der Waals surface area contributed by atoms with Gasteiger partial charge >= 0.3 is 5.97 Å². The predicted octanol–water partition coefficient (Wildman–Crippen LogP) is 1.54. The summed E-state index contributed by atoms with van der Waals surface area (Å²) in [4.78, 5) is 25.3. The lowest BCUT2D eigenvalue weighted by Gasteiger charge is -2.20. The van der Waals surface area contributed by atoms with Crippen LogP contribution in [-0.4, -0.2) is 44.0 Å². The summed E-state index contributed by atoms with van der Waals surface area (Å²) in [5.41, 5.74) is 2.93. The van der Waals surface area contributed by atoms with Crippen LogP contribution in [0.4, 0.5) is 5.69 Å². The van der Waals surface area contributed by atoms with E-state index in [1.165, 1.54) is 12.7 Å². The van der Waals surface area contributed by atoms with Crippen molar-refractivity contribution in [2.45, 2.75) is 13.3 Å². The van der Waals surface area contributed by atoms with Crippen molar-refractivity contribution in [1.29, 1.82) is 0 Å². The van der Waals surface area contributed by atoms with E-state index >= 15 is 0 Å². The average molecular weight is 276 g/mol. The van der Waals surface area contributed by atoms with Gasteiger partial charge in [0.1, 0.15) is 0 Å². The minimum atomic E-state index is -0.329. The Morgan fingerprint density at radius 2 is 2.20 bits per heavy atom. The molecule has 0 saturated heterocycles. The first-order valence-electron chi connectivity index (χ1n) is 6.73. The van der Waals surface area contributed by atoms with E-state index in [0.29, 0.717) is 12.1 Å². The normalized spacial score (nSPS) is 14.2. The van der Waals surface area contributed by atoms with E-state index in [4.69, 9.17) is 0 Å². The minimum Gasteiger partial charge on any atom is -0.469 e. The molecule has 0 radical (unpaired) electrons. The number of benzene rings is 1. The quantitative estimate of drug-likeness (QED) is 0.847. The van der Waals surface area contributed by atoms with Crippen molar-refractivity contribution >= 4 is 17.6 Å². The second kappa shape index (κ2) is 5.94. The van der Waals surface area contributed by atoms with Gasteiger partial charge in [0.05, 0.1) is 13.0 Å². The summed E-state index contributed by atoms with van der Waals surface area (Å²) in [6, 6.07) is 5.68. The molecular weight excluding hydrogens is 256 g/mol. The van der Waals surface area contributed by atoms with Crippen LogP contribution in [0.25, 0.3) is 0 Å². The number of nitrogens with zero attached hydrogens (tertiary/aromatic N) is 1. The van der Waals surface area contributed by atoms with E-state index < -0.39 is 0 Å². The van der Waals surface area contributed by atoms with Crippen molar-refractivity contribution in [3.63, 3.8) is 0 Å². The van der Waals surface area contributed by atoms with E-state index in [-0.39, 0.29) is 17.8 Å². The Bertz CT molecular complexity index is 528. The number of carbonyl (C=O) groups excluding carboxylic acids is 2. The summed E-state index contributed by atoms with van der Waals surface area (Å²) < 4.78 is 4.67. The van der Waals surface area contributed by atoms with Crippen LogP contribution in [0.1, 0.15) is 22.8 Å². The Kier molecular flexibility index (Phi) is 4.27. The molecule has 5 nitrogen and oxygen atoms in total. The molecule has 20 heavy (non-hydrogen) atoms. The Balaban J connectivity index is 2.05. The second-order valence-corrected chi connectivity index (χ2v) is 5.16. The van der Waals surface area contributed by atoms with Crippen LogP contribution in [0.15, 0.2) is 18.2 Å². The van der Waals surface area contributed by atoms with Crippen molar-refractivity contribution in [3.05, 3.63) is 29.3 Å². The Hall–Kier alpha value is -2.04. The first-order chi connectivity index (χ1) is 9.52. The molecule has 2 rings (SSSR count). The maximum absolute atomic E-state index is 12.3. The topological polar surface area (TPSA) is 58.6 Å². The third-order valence-corrected chi connectivity index (χ3v) is 3.56. The van der Waals surface area contributed by atoms with Crippen molar-refractivity contribution in [3.8, 4) is 0 Å². The number of amides is 1. The zero-order chi connectivity index (χ0) is 14.7. The maximum atomic E-state index is 12.3. The Morgan fingerprint density at radius 1 is 1.45 bits per heavy atom. The van der Waals surface area contributed by atoms with Gasteiger partial charge in [0, 0.05) is 31.4 Å². The molecule has 1 unspecified atom stereocenters. The number of ether oxygens (including phenoxy) is 1. The van der Waals surface area contributed by atoms with Gasteiger partial charge < -0.3 is 15.0 Å². The van der Waals surface area contributed by atoms with Crippen molar-refractivity contribution < 1.29 is 14.3 Å². The van der Waals surface area contributed by atoms with Crippen LogP contribution >= 0.6 is 0 Å². The molecule has 0 fully saturated rings. The van der Waals surface area contributed by atoms with Crippen LogP contribution in [0.5, 0.6) is 0 Å². The van der Waals surface area contributed by atoms with Crippen LogP contribution < -0.4 is 5.32 Å². The van der Waals surface area contributed by atoms with Gasteiger partial charge in [0.25, 0.3) is 5.91 Å². The molecule has 0 spiro atoms. The summed E-state index contributed by atoms with van der Waals surface area (Å²) in [7, 11) is 3.06. The molecule has 1 aliphatic heterocycles. The van der Waals surface area contributed by atoms with Crippen molar-refractivity contribution in [2.24, 2.45) is 5.92 Å². The lowest BCUT2D eigenvalue weighted by molar-refractivity contribution is -0.145. The number of hydrogen-bond acceptors (Lipinski definition) is 4. The lowest BCUT2D eigenvalue weighted by atomic mass is 10.1. The molecule has 1 aromatic rings. The number of rotatable bonds is 4. The summed E-state index contributed by atoms with van der Waals surface area (Å²) in [6.45, 7) is 3.02. The van der Waals surface area contributed by atoms with E-state index in [1.54, 1.807) is 18.9 Å². The number of fused-ring (bicyclic) bond motifs is 1. The first-order valence-corrected chi connectivity index (χ1v) is 6.73. The number of hydrogen-bond donors (Lipinski definition) is 1. The minimum absolute atomic E-state index is 0.0737. The maximum Gasteiger partial charge on any atom is 0.310 e. The number of methoxy groups -OCH3 is 1. The highest BCUT2D eigenvalue weighted by atomic mass is 16.5. The van der Waals surface area contributed by atoms with Gasteiger partial charge in [0.2, 0.25) is 0 Å². The molecule has 0 aliphatic carbocycles. The molecule has 1 N–H and O–H groups in total. The highest BCUT2D eigenvalue weighted by Gasteiger charge is 2.21. The van der Waals surface area contributed by atoms with E-state index in [0.717, 1.165) is 18.7 Å². The summed E-state index contributed by atoms with van der Waals surface area (Å²) in [5.74, 6) is -0.705. The largest absolute Gasteiger partial charge is 0.469 e.